The molecular weight excluding hydrogens is 192 g/mol. The summed E-state index contributed by atoms with van der Waals surface area (Å²) in [6, 6.07) is 8.36. The number of likely N-dealkylation sites (tertiary alicyclic amines) is 1. The van der Waals surface area contributed by atoms with Crippen LogP contribution in [0.25, 0.3) is 10.2 Å². The van der Waals surface area contributed by atoms with Crippen molar-refractivity contribution >= 4 is 21.6 Å². The lowest BCUT2D eigenvalue weighted by molar-refractivity contribution is 0.172. The Morgan fingerprint density at radius 3 is 2.86 bits per heavy atom. The van der Waals surface area contributed by atoms with Gasteiger partial charge < -0.3 is 0 Å². The van der Waals surface area contributed by atoms with Crippen molar-refractivity contribution in [2.45, 2.75) is 13.0 Å². The number of rotatable bonds is 2. The summed E-state index contributed by atoms with van der Waals surface area (Å²) in [5.41, 5.74) is 1.15. The van der Waals surface area contributed by atoms with Gasteiger partial charge in [-0.3, -0.25) is 4.90 Å². The van der Waals surface area contributed by atoms with E-state index in [9.17, 15) is 0 Å². The fourth-order valence-electron chi connectivity index (χ4n) is 1.72. The zero-order valence-electron chi connectivity index (χ0n) is 7.94. The van der Waals surface area contributed by atoms with Crippen LogP contribution in [0.4, 0.5) is 0 Å². The van der Waals surface area contributed by atoms with Crippen LogP contribution in [-0.4, -0.2) is 23.0 Å². The minimum atomic E-state index is 1.04. The Balaban J connectivity index is 1.89. The molecule has 0 unspecified atom stereocenters. The molecular formula is C11H12N2S. The summed E-state index contributed by atoms with van der Waals surface area (Å²) in [7, 11) is 0. The van der Waals surface area contributed by atoms with Gasteiger partial charge in [-0.25, -0.2) is 4.98 Å². The Hall–Kier alpha value is -0.930. The van der Waals surface area contributed by atoms with E-state index in [4.69, 9.17) is 0 Å². The predicted octanol–water partition coefficient (Wildman–Crippen LogP) is 2.50. The van der Waals surface area contributed by atoms with E-state index < -0.39 is 0 Å². The molecule has 0 spiro atoms. The topological polar surface area (TPSA) is 16.1 Å². The average Bonchev–Trinajstić information content (AvgIpc) is 2.53. The predicted molar refractivity (Wildman–Crippen MR) is 59.5 cm³/mol. The van der Waals surface area contributed by atoms with Gasteiger partial charge in [0.2, 0.25) is 0 Å². The van der Waals surface area contributed by atoms with Crippen LogP contribution in [0, 0.1) is 0 Å². The smallest absolute Gasteiger partial charge is 0.108 e. The van der Waals surface area contributed by atoms with Crippen molar-refractivity contribution in [2.75, 3.05) is 13.1 Å². The molecule has 72 valence electrons. The Morgan fingerprint density at radius 2 is 2.14 bits per heavy atom. The molecule has 3 rings (SSSR count). The highest BCUT2D eigenvalue weighted by Gasteiger charge is 2.15. The Labute approximate surface area is 87.2 Å². The number of fused-ring (bicyclic) bond motifs is 1. The van der Waals surface area contributed by atoms with Crippen molar-refractivity contribution in [1.29, 1.82) is 0 Å². The van der Waals surface area contributed by atoms with Crippen LogP contribution in [0.1, 0.15) is 11.4 Å². The van der Waals surface area contributed by atoms with Gasteiger partial charge in [0.25, 0.3) is 0 Å². The third-order valence-corrected chi connectivity index (χ3v) is 3.67. The SMILES string of the molecule is c1ccc2sc(CN3CCC3)nc2c1. The fraction of sp³-hybridized carbons (Fsp3) is 0.364. The van der Waals surface area contributed by atoms with Crippen LogP contribution in [0.5, 0.6) is 0 Å². The Bertz CT molecular complexity index is 412. The van der Waals surface area contributed by atoms with E-state index in [1.54, 1.807) is 0 Å². The van der Waals surface area contributed by atoms with Gasteiger partial charge in [-0.1, -0.05) is 12.1 Å². The number of hydrogen-bond donors (Lipinski definition) is 0. The van der Waals surface area contributed by atoms with Crippen LogP contribution in [0.2, 0.25) is 0 Å². The summed E-state index contributed by atoms with van der Waals surface area (Å²) in [6.45, 7) is 3.53. The van der Waals surface area contributed by atoms with Gasteiger partial charge in [0.1, 0.15) is 5.01 Å². The quantitative estimate of drug-likeness (QED) is 0.747. The highest BCUT2D eigenvalue weighted by Crippen LogP contribution is 2.23. The zero-order chi connectivity index (χ0) is 9.38. The summed E-state index contributed by atoms with van der Waals surface area (Å²) in [4.78, 5) is 7.05. The molecule has 1 aliphatic heterocycles. The minimum Gasteiger partial charge on any atom is -0.297 e. The molecule has 1 aromatic carbocycles. The lowest BCUT2D eigenvalue weighted by atomic mass is 10.2. The number of aromatic nitrogens is 1. The van der Waals surface area contributed by atoms with Crippen molar-refractivity contribution in [3.05, 3.63) is 29.3 Å². The second kappa shape index (κ2) is 3.33. The van der Waals surface area contributed by atoms with Gasteiger partial charge >= 0.3 is 0 Å². The number of benzene rings is 1. The van der Waals surface area contributed by atoms with E-state index in [2.05, 4.69) is 34.1 Å². The van der Waals surface area contributed by atoms with Gasteiger partial charge in [0.15, 0.2) is 0 Å². The largest absolute Gasteiger partial charge is 0.297 e. The van der Waals surface area contributed by atoms with Crippen LogP contribution in [0.3, 0.4) is 0 Å². The van der Waals surface area contributed by atoms with E-state index in [0.29, 0.717) is 0 Å². The number of thiazole rings is 1. The second-order valence-corrected chi connectivity index (χ2v) is 4.82. The van der Waals surface area contributed by atoms with E-state index in [1.165, 1.54) is 29.2 Å². The number of hydrogen-bond acceptors (Lipinski definition) is 3. The second-order valence-electron chi connectivity index (χ2n) is 3.71. The first kappa shape index (κ1) is 8.38. The molecule has 0 radical (unpaired) electrons. The zero-order valence-corrected chi connectivity index (χ0v) is 8.76. The van der Waals surface area contributed by atoms with Crippen molar-refractivity contribution < 1.29 is 0 Å². The summed E-state index contributed by atoms with van der Waals surface area (Å²) < 4.78 is 1.31. The van der Waals surface area contributed by atoms with Gasteiger partial charge in [0, 0.05) is 0 Å². The van der Waals surface area contributed by atoms with Gasteiger partial charge in [0.05, 0.1) is 16.8 Å². The average molecular weight is 204 g/mol. The van der Waals surface area contributed by atoms with E-state index >= 15 is 0 Å². The first-order valence-electron chi connectivity index (χ1n) is 4.99. The summed E-state index contributed by atoms with van der Waals surface area (Å²) in [5, 5.41) is 1.26. The highest BCUT2D eigenvalue weighted by molar-refractivity contribution is 7.18. The van der Waals surface area contributed by atoms with Crippen LogP contribution in [0.15, 0.2) is 24.3 Å². The van der Waals surface area contributed by atoms with Crippen molar-refractivity contribution in [2.24, 2.45) is 0 Å². The molecule has 1 saturated heterocycles. The number of para-hydroxylation sites is 1. The Kier molecular flexibility index (Phi) is 2.00. The number of nitrogens with zero attached hydrogens (tertiary/aromatic N) is 2. The van der Waals surface area contributed by atoms with Crippen molar-refractivity contribution in [3.8, 4) is 0 Å². The molecule has 0 aliphatic carbocycles. The molecule has 3 heteroatoms. The molecule has 1 aliphatic rings. The van der Waals surface area contributed by atoms with Crippen molar-refractivity contribution in [1.82, 2.24) is 9.88 Å². The standard InChI is InChI=1S/C11H12N2S/c1-2-5-10-9(4-1)12-11(14-10)8-13-6-3-7-13/h1-2,4-5H,3,6-8H2. The molecule has 2 heterocycles. The lowest BCUT2D eigenvalue weighted by Crippen LogP contribution is -2.36. The normalized spacial score (nSPS) is 17.1. The molecule has 1 fully saturated rings. The van der Waals surface area contributed by atoms with E-state index in [-0.39, 0.29) is 0 Å². The van der Waals surface area contributed by atoms with Gasteiger partial charge in [-0.15, -0.1) is 11.3 Å². The molecule has 0 bridgehead atoms. The summed E-state index contributed by atoms with van der Waals surface area (Å²) in [5.74, 6) is 0. The molecule has 2 nitrogen and oxygen atoms in total. The van der Waals surface area contributed by atoms with Gasteiger partial charge in [-0.05, 0) is 31.6 Å². The third kappa shape index (κ3) is 1.42. The highest BCUT2D eigenvalue weighted by atomic mass is 32.1. The van der Waals surface area contributed by atoms with Crippen LogP contribution >= 0.6 is 11.3 Å². The Morgan fingerprint density at radius 1 is 1.29 bits per heavy atom. The third-order valence-electron chi connectivity index (χ3n) is 2.65. The van der Waals surface area contributed by atoms with E-state index in [1.807, 2.05) is 11.3 Å². The maximum Gasteiger partial charge on any atom is 0.108 e. The lowest BCUT2D eigenvalue weighted by Gasteiger charge is -2.29. The fourth-order valence-corrected chi connectivity index (χ4v) is 2.73. The van der Waals surface area contributed by atoms with Gasteiger partial charge in [-0.2, -0.15) is 0 Å². The van der Waals surface area contributed by atoms with E-state index in [0.717, 1.165) is 12.1 Å². The minimum absolute atomic E-state index is 1.04. The maximum atomic E-state index is 4.61. The molecule has 0 N–H and O–H groups in total. The monoisotopic (exact) mass is 204 g/mol. The molecule has 14 heavy (non-hydrogen) atoms. The molecule has 1 aromatic heterocycles. The first-order valence-corrected chi connectivity index (χ1v) is 5.80. The maximum absolute atomic E-state index is 4.61. The summed E-state index contributed by atoms with van der Waals surface area (Å²) in [6.07, 6.45) is 1.35. The summed E-state index contributed by atoms with van der Waals surface area (Å²) >= 11 is 1.82. The van der Waals surface area contributed by atoms with Crippen LogP contribution < -0.4 is 0 Å². The molecule has 0 saturated carbocycles. The molecule has 2 aromatic rings. The molecule has 0 atom stereocenters. The first-order chi connectivity index (χ1) is 6.92. The van der Waals surface area contributed by atoms with Crippen LogP contribution in [-0.2, 0) is 6.54 Å². The molecule has 0 amide bonds. The van der Waals surface area contributed by atoms with Crippen molar-refractivity contribution in [3.63, 3.8) is 0 Å².